The Bertz CT molecular complexity index is 612. The van der Waals surface area contributed by atoms with Crippen LogP contribution in [0.2, 0.25) is 5.02 Å². The minimum Gasteiger partial charge on any atom is -0.395 e. The van der Waals surface area contributed by atoms with Crippen molar-refractivity contribution >= 4 is 27.5 Å². The summed E-state index contributed by atoms with van der Waals surface area (Å²) in [5.74, 6) is -0.337. The van der Waals surface area contributed by atoms with E-state index in [1.807, 2.05) is 0 Å². The van der Waals surface area contributed by atoms with Crippen LogP contribution >= 0.6 is 27.5 Å². The molecule has 0 aliphatic heterocycles. The summed E-state index contributed by atoms with van der Waals surface area (Å²) in [6, 6.07) is 11.4. The summed E-state index contributed by atoms with van der Waals surface area (Å²) in [6.07, 6.45) is 0.377. The number of rotatable bonds is 5. The Labute approximate surface area is 136 Å². The number of aliphatic hydroxyl groups is 2. The van der Waals surface area contributed by atoms with Crippen molar-refractivity contribution in [2.45, 2.75) is 11.8 Å². The normalized spacial score (nSPS) is 11.7. The first-order valence-electron chi connectivity index (χ1n) is 6.42. The van der Waals surface area contributed by atoms with Crippen molar-refractivity contribution in [1.29, 1.82) is 0 Å². The van der Waals surface area contributed by atoms with Crippen LogP contribution < -0.4 is 0 Å². The second-order valence-electron chi connectivity index (χ2n) is 5.02. The average Bonchev–Trinajstić information content (AvgIpc) is 2.48. The minimum atomic E-state index is -0.842. The molecule has 2 rings (SSSR count). The van der Waals surface area contributed by atoms with Crippen molar-refractivity contribution < 1.29 is 14.6 Å². The van der Waals surface area contributed by atoms with Gasteiger partial charge in [0, 0.05) is 14.9 Å². The van der Waals surface area contributed by atoms with E-state index in [0.29, 0.717) is 15.9 Å². The molecule has 2 aromatic carbocycles. The SMILES string of the molecule is OCC(CO)(Cc1ccc(F)cc1Br)c1ccc(Cl)cc1. The van der Waals surface area contributed by atoms with Crippen LogP contribution in [0.25, 0.3) is 0 Å². The topological polar surface area (TPSA) is 40.5 Å². The molecule has 0 atom stereocenters. The van der Waals surface area contributed by atoms with Gasteiger partial charge in [-0.05, 0) is 41.8 Å². The van der Waals surface area contributed by atoms with Crippen LogP contribution in [0, 0.1) is 5.82 Å². The predicted molar refractivity (Wildman–Crippen MR) is 85.1 cm³/mol. The molecule has 0 aliphatic carbocycles. The third-order valence-corrected chi connectivity index (χ3v) is 4.60. The lowest BCUT2D eigenvalue weighted by Crippen LogP contribution is -2.37. The molecule has 0 radical (unpaired) electrons. The Kier molecular flexibility index (Phi) is 5.38. The summed E-state index contributed by atoms with van der Waals surface area (Å²) >= 11 is 9.19. The Morgan fingerprint density at radius 1 is 1.05 bits per heavy atom. The van der Waals surface area contributed by atoms with Crippen molar-refractivity contribution in [3.05, 3.63) is 68.9 Å². The van der Waals surface area contributed by atoms with Crippen LogP contribution in [0.5, 0.6) is 0 Å². The van der Waals surface area contributed by atoms with Gasteiger partial charge < -0.3 is 10.2 Å². The van der Waals surface area contributed by atoms with Crippen LogP contribution in [-0.2, 0) is 11.8 Å². The van der Waals surface area contributed by atoms with Gasteiger partial charge in [0.15, 0.2) is 0 Å². The van der Waals surface area contributed by atoms with Crippen LogP contribution in [0.3, 0.4) is 0 Å². The molecule has 2 aromatic rings. The molecule has 21 heavy (non-hydrogen) atoms. The third-order valence-electron chi connectivity index (χ3n) is 3.61. The molecule has 0 amide bonds. The number of aliphatic hydroxyl groups excluding tert-OH is 2. The smallest absolute Gasteiger partial charge is 0.124 e. The lowest BCUT2D eigenvalue weighted by molar-refractivity contribution is 0.116. The zero-order valence-corrected chi connectivity index (χ0v) is 13.5. The summed E-state index contributed by atoms with van der Waals surface area (Å²) < 4.78 is 13.8. The summed E-state index contributed by atoms with van der Waals surface area (Å²) in [7, 11) is 0. The first kappa shape index (κ1) is 16.4. The molecule has 0 aliphatic rings. The molecule has 0 saturated carbocycles. The van der Waals surface area contributed by atoms with Crippen molar-refractivity contribution in [2.75, 3.05) is 13.2 Å². The molecule has 0 fully saturated rings. The number of benzene rings is 2. The highest BCUT2D eigenvalue weighted by molar-refractivity contribution is 9.10. The monoisotopic (exact) mass is 372 g/mol. The van der Waals surface area contributed by atoms with E-state index in [-0.39, 0.29) is 19.0 Å². The predicted octanol–water partition coefficient (Wildman–Crippen LogP) is 3.71. The van der Waals surface area contributed by atoms with Crippen LogP contribution in [0.1, 0.15) is 11.1 Å². The molecule has 0 heterocycles. The van der Waals surface area contributed by atoms with Gasteiger partial charge in [0.25, 0.3) is 0 Å². The maximum Gasteiger partial charge on any atom is 0.124 e. The lowest BCUT2D eigenvalue weighted by Gasteiger charge is -2.31. The fraction of sp³-hybridized carbons (Fsp3) is 0.250. The van der Waals surface area contributed by atoms with Gasteiger partial charge in [-0.3, -0.25) is 0 Å². The highest BCUT2D eigenvalue weighted by atomic mass is 79.9. The van der Waals surface area contributed by atoms with Crippen LogP contribution in [0.4, 0.5) is 4.39 Å². The third kappa shape index (κ3) is 3.64. The summed E-state index contributed by atoms with van der Waals surface area (Å²) in [6.45, 7) is -0.454. The Morgan fingerprint density at radius 2 is 1.67 bits per heavy atom. The maximum absolute atomic E-state index is 13.2. The van der Waals surface area contributed by atoms with Crippen molar-refractivity contribution in [2.24, 2.45) is 0 Å². The van der Waals surface area contributed by atoms with Gasteiger partial charge in [0.05, 0.1) is 13.2 Å². The van der Waals surface area contributed by atoms with E-state index in [0.717, 1.165) is 11.1 Å². The molecule has 0 unspecified atom stereocenters. The lowest BCUT2D eigenvalue weighted by atomic mass is 9.77. The zero-order chi connectivity index (χ0) is 15.5. The van der Waals surface area contributed by atoms with Gasteiger partial charge in [-0.15, -0.1) is 0 Å². The fourth-order valence-corrected chi connectivity index (χ4v) is 2.90. The maximum atomic E-state index is 13.2. The number of hydrogen-bond acceptors (Lipinski definition) is 2. The minimum absolute atomic E-state index is 0.227. The van der Waals surface area contributed by atoms with Gasteiger partial charge in [-0.1, -0.05) is 45.7 Å². The van der Waals surface area contributed by atoms with E-state index in [9.17, 15) is 14.6 Å². The second-order valence-corrected chi connectivity index (χ2v) is 6.31. The Balaban J connectivity index is 2.40. The van der Waals surface area contributed by atoms with Gasteiger partial charge in [0.1, 0.15) is 5.82 Å². The average molecular weight is 374 g/mol. The summed E-state index contributed by atoms with van der Waals surface area (Å²) in [4.78, 5) is 0. The van der Waals surface area contributed by atoms with Crippen molar-refractivity contribution in [1.82, 2.24) is 0 Å². The van der Waals surface area contributed by atoms with E-state index in [2.05, 4.69) is 15.9 Å². The van der Waals surface area contributed by atoms with Gasteiger partial charge in [-0.2, -0.15) is 0 Å². The number of hydrogen-bond donors (Lipinski definition) is 2. The Morgan fingerprint density at radius 3 is 2.19 bits per heavy atom. The molecule has 0 bridgehead atoms. The highest BCUT2D eigenvalue weighted by Gasteiger charge is 2.32. The quantitative estimate of drug-likeness (QED) is 0.839. The first-order chi connectivity index (χ1) is 10.0. The van der Waals surface area contributed by atoms with E-state index in [1.54, 1.807) is 30.3 Å². The molecule has 0 saturated heterocycles. The zero-order valence-electron chi connectivity index (χ0n) is 11.2. The van der Waals surface area contributed by atoms with Gasteiger partial charge in [0.2, 0.25) is 0 Å². The van der Waals surface area contributed by atoms with Gasteiger partial charge in [-0.25, -0.2) is 4.39 Å². The van der Waals surface area contributed by atoms with Crippen LogP contribution in [-0.4, -0.2) is 23.4 Å². The molecule has 5 heteroatoms. The van der Waals surface area contributed by atoms with E-state index < -0.39 is 5.41 Å². The fourth-order valence-electron chi connectivity index (χ4n) is 2.28. The highest BCUT2D eigenvalue weighted by Crippen LogP contribution is 2.32. The molecule has 2 N–H and O–H groups in total. The molecule has 0 spiro atoms. The van der Waals surface area contributed by atoms with E-state index in [4.69, 9.17) is 11.6 Å². The molecular weight excluding hydrogens is 359 g/mol. The second kappa shape index (κ2) is 6.88. The van der Waals surface area contributed by atoms with E-state index in [1.165, 1.54) is 12.1 Å². The van der Waals surface area contributed by atoms with Crippen LogP contribution in [0.15, 0.2) is 46.9 Å². The Hall–Kier alpha value is -0.940. The van der Waals surface area contributed by atoms with Crippen molar-refractivity contribution in [3.63, 3.8) is 0 Å². The first-order valence-corrected chi connectivity index (χ1v) is 7.59. The summed E-state index contributed by atoms with van der Waals surface area (Å²) in [5.41, 5.74) is 0.757. The molecule has 2 nitrogen and oxygen atoms in total. The van der Waals surface area contributed by atoms with Crippen molar-refractivity contribution in [3.8, 4) is 0 Å². The number of halogens is 3. The van der Waals surface area contributed by atoms with Gasteiger partial charge >= 0.3 is 0 Å². The molecular formula is C16H15BrClFO2. The molecule has 112 valence electrons. The van der Waals surface area contributed by atoms with E-state index >= 15 is 0 Å². The summed E-state index contributed by atoms with van der Waals surface area (Å²) in [5, 5.41) is 20.2. The standard InChI is InChI=1S/C16H15BrClFO2/c17-15-7-14(19)6-1-11(15)8-16(9-20,10-21)12-2-4-13(18)5-3-12/h1-7,20-21H,8-10H2. The molecule has 0 aromatic heterocycles. The largest absolute Gasteiger partial charge is 0.395 e.